The van der Waals surface area contributed by atoms with Gasteiger partial charge >= 0.3 is 12.2 Å². The Morgan fingerprint density at radius 3 is 1.93 bits per heavy atom. The van der Waals surface area contributed by atoms with Gasteiger partial charge in [0, 0.05) is 30.0 Å². The quantitative estimate of drug-likeness (QED) is 0.376. The number of hydrogen-bond donors (Lipinski definition) is 0. The lowest BCUT2D eigenvalue weighted by atomic mass is 9.96. The summed E-state index contributed by atoms with van der Waals surface area (Å²) in [5.41, 5.74) is -1.17. The van der Waals surface area contributed by atoms with E-state index in [4.69, 9.17) is 9.47 Å². The van der Waals surface area contributed by atoms with Crippen LogP contribution in [0.4, 0.5) is 18.4 Å². The molecule has 1 aromatic heterocycles. The minimum Gasteiger partial charge on any atom is -0.443 e. The Morgan fingerprint density at radius 1 is 0.833 bits per heavy atom. The average molecular weight is 585 g/mol. The van der Waals surface area contributed by atoms with Crippen molar-refractivity contribution in [2.24, 2.45) is 0 Å². The molecule has 1 aliphatic heterocycles. The molecule has 1 saturated carbocycles. The molecule has 1 atom stereocenters. The lowest BCUT2D eigenvalue weighted by Crippen LogP contribution is -2.41. The van der Waals surface area contributed by atoms with Crippen LogP contribution in [0.15, 0.2) is 47.3 Å². The summed E-state index contributed by atoms with van der Waals surface area (Å²) < 4.78 is 40.1. The summed E-state index contributed by atoms with van der Waals surface area (Å²) in [6.07, 6.45) is 1.90. The molecule has 0 spiro atoms. The van der Waals surface area contributed by atoms with E-state index < -0.39 is 46.8 Å². The number of imide groups is 1. The fourth-order valence-electron chi connectivity index (χ4n) is 4.83. The first-order valence-corrected chi connectivity index (χ1v) is 14.1. The normalized spacial score (nSPS) is 18.3. The number of alkyl halides is 2. The number of aromatic nitrogens is 1. The number of amides is 2. The summed E-state index contributed by atoms with van der Waals surface area (Å²) in [4.78, 5) is 54.1. The van der Waals surface area contributed by atoms with Gasteiger partial charge in [-0.05, 0) is 78.4 Å². The van der Waals surface area contributed by atoms with E-state index in [1.165, 1.54) is 24.3 Å². The molecule has 1 saturated heterocycles. The van der Waals surface area contributed by atoms with Crippen LogP contribution in [0.25, 0.3) is 5.57 Å². The number of hydrogen-bond acceptors (Lipinski definition) is 6. The molecule has 1 aliphatic carbocycles. The van der Waals surface area contributed by atoms with Gasteiger partial charge in [-0.2, -0.15) is 0 Å². The minimum atomic E-state index is -3.09. The highest BCUT2D eigenvalue weighted by Crippen LogP contribution is 2.39. The molecule has 2 aromatic rings. The van der Waals surface area contributed by atoms with Crippen LogP contribution in [-0.2, 0) is 20.2 Å². The number of pyridine rings is 1. The fraction of sp³-hybridized carbons (Fsp3) is 0.500. The third-order valence-corrected chi connectivity index (χ3v) is 6.89. The Kier molecular flexibility index (Phi) is 8.23. The lowest BCUT2D eigenvalue weighted by molar-refractivity contribution is -0.127. The molecule has 4 rings (SSSR count). The standard InChI is InChI=1S/C32H38F2N2O6/c1-30(2,3)41-28(39)35-22(14-17-26(35)37)18-24(20-10-12-21(13-11-20)32(7,33)34)25-16-15-23(19-8-9-19)27(38)36(25)29(40)42-31(4,5)6/h10-13,15-16,18-19,22H,8-9,14,17H2,1-7H3. The molecule has 2 fully saturated rings. The topological polar surface area (TPSA) is 94.9 Å². The van der Waals surface area contributed by atoms with Crippen molar-refractivity contribution in [1.82, 2.24) is 9.47 Å². The van der Waals surface area contributed by atoms with E-state index in [0.717, 1.165) is 29.2 Å². The Labute approximate surface area is 244 Å². The monoisotopic (exact) mass is 584 g/mol. The molecule has 8 nitrogen and oxygen atoms in total. The van der Waals surface area contributed by atoms with Crippen molar-refractivity contribution in [3.05, 3.63) is 75.2 Å². The van der Waals surface area contributed by atoms with Crippen molar-refractivity contribution in [2.45, 2.75) is 103 Å². The van der Waals surface area contributed by atoms with Crippen molar-refractivity contribution in [1.29, 1.82) is 0 Å². The number of ether oxygens (including phenoxy) is 2. The first-order valence-electron chi connectivity index (χ1n) is 14.1. The van der Waals surface area contributed by atoms with E-state index in [1.54, 1.807) is 59.8 Å². The van der Waals surface area contributed by atoms with Crippen LogP contribution in [-0.4, -0.2) is 44.8 Å². The van der Waals surface area contributed by atoms with Crippen LogP contribution >= 0.6 is 0 Å². The Hall–Kier alpha value is -3.82. The SMILES string of the molecule is CC(C)(C)OC(=O)N1C(=O)CCC1C=C(c1ccc(C(C)(F)F)cc1)c1ccc(C2CC2)c(=O)n1C(=O)OC(C)(C)C. The smallest absolute Gasteiger partial charge is 0.422 e. The van der Waals surface area contributed by atoms with Crippen molar-refractivity contribution < 1.29 is 32.6 Å². The van der Waals surface area contributed by atoms with Gasteiger partial charge in [-0.3, -0.25) is 9.59 Å². The first kappa shape index (κ1) is 31.1. The predicted octanol–water partition coefficient (Wildman–Crippen LogP) is 6.98. The maximum Gasteiger partial charge on any atom is 0.422 e. The van der Waals surface area contributed by atoms with Gasteiger partial charge in [0.2, 0.25) is 5.91 Å². The second-order valence-corrected chi connectivity index (χ2v) is 13.0. The molecule has 42 heavy (non-hydrogen) atoms. The van der Waals surface area contributed by atoms with Gasteiger partial charge in [-0.1, -0.05) is 36.4 Å². The Bertz CT molecular complexity index is 1470. The van der Waals surface area contributed by atoms with Gasteiger partial charge in [0.15, 0.2) is 0 Å². The number of carbonyl (C=O) groups is 3. The summed E-state index contributed by atoms with van der Waals surface area (Å²) >= 11 is 0. The summed E-state index contributed by atoms with van der Waals surface area (Å²) in [7, 11) is 0. The Balaban J connectivity index is 1.92. The fourth-order valence-corrected chi connectivity index (χ4v) is 4.83. The second-order valence-electron chi connectivity index (χ2n) is 13.0. The third-order valence-electron chi connectivity index (χ3n) is 6.89. The second kappa shape index (κ2) is 11.1. The molecule has 0 bridgehead atoms. The van der Waals surface area contributed by atoms with Gasteiger partial charge in [0.05, 0.1) is 11.7 Å². The van der Waals surface area contributed by atoms with E-state index in [-0.39, 0.29) is 30.0 Å². The zero-order valence-corrected chi connectivity index (χ0v) is 25.1. The van der Waals surface area contributed by atoms with Crippen LogP contribution in [0.2, 0.25) is 0 Å². The number of nitrogens with zero attached hydrogens (tertiary/aromatic N) is 2. The van der Waals surface area contributed by atoms with Gasteiger partial charge in [-0.25, -0.2) is 27.8 Å². The summed E-state index contributed by atoms with van der Waals surface area (Å²) in [5, 5.41) is 0. The highest BCUT2D eigenvalue weighted by Gasteiger charge is 2.38. The summed E-state index contributed by atoms with van der Waals surface area (Å²) in [6.45, 7) is 10.9. The minimum absolute atomic E-state index is 0.0360. The molecule has 2 amide bonds. The number of carbonyl (C=O) groups excluding carboxylic acids is 3. The lowest BCUT2D eigenvalue weighted by Gasteiger charge is -2.27. The van der Waals surface area contributed by atoms with Crippen molar-refractivity contribution in [3.63, 3.8) is 0 Å². The summed E-state index contributed by atoms with van der Waals surface area (Å²) in [5.74, 6) is -3.48. The van der Waals surface area contributed by atoms with Crippen molar-refractivity contribution in [3.8, 4) is 0 Å². The zero-order valence-electron chi connectivity index (χ0n) is 25.1. The number of halogens is 2. The average Bonchev–Trinajstić information content (AvgIpc) is 3.61. The largest absolute Gasteiger partial charge is 0.443 e. The van der Waals surface area contributed by atoms with Crippen molar-refractivity contribution >= 4 is 23.7 Å². The van der Waals surface area contributed by atoms with E-state index >= 15 is 0 Å². The van der Waals surface area contributed by atoms with Crippen LogP contribution < -0.4 is 5.56 Å². The van der Waals surface area contributed by atoms with Gasteiger partial charge in [0.1, 0.15) is 11.2 Å². The maximum absolute atomic E-state index is 14.0. The molecule has 226 valence electrons. The highest BCUT2D eigenvalue weighted by molar-refractivity contribution is 5.95. The van der Waals surface area contributed by atoms with E-state index in [9.17, 15) is 28.0 Å². The molecule has 1 aromatic carbocycles. The van der Waals surface area contributed by atoms with E-state index in [1.807, 2.05) is 0 Å². The van der Waals surface area contributed by atoms with Crippen LogP contribution in [0.3, 0.4) is 0 Å². The molecule has 2 heterocycles. The number of rotatable bonds is 5. The van der Waals surface area contributed by atoms with Gasteiger partial charge in [0.25, 0.3) is 11.5 Å². The van der Waals surface area contributed by atoms with Crippen molar-refractivity contribution in [2.75, 3.05) is 0 Å². The molecular formula is C32H38F2N2O6. The molecule has 10 heteroatoms. The van der Waals surface area contributed by atoms with Gasteiger partial charge < -0.3 is 9.47 Å². The Morgan fingerprint density at radius 2 is 1.40 bits per heavy atom. The van der Waals surface area contributed by atoms with Crippen LogP contribution in [0.1, 0.15) is 102 Å². The third kappa shape index (κ3) is 7.14. The molecular weight excluding hydrogens is 546 g/mol. The number of likely N-dealkylation sites (tertiary alicyclic amines) is 1. The van der Waals surface area contributed by atoms with Crippen LogP contribution in [0.5, 0.6) is 0 Å². The molecule has 1 unspecified atom stereocenters. The molecule has 0 radical (unpaired) electrons. The highest BCUT2D eigenvalue weighted by atomic mass is 19.3. The predicted molar refractivity (Wildman–Crippen MR) is 153 cm³/mol. The molecule has 2 aliphatic rings. The zero-order chi connectivity index (χ0) is 31.2. The first-order chi connectivity index (χ1) is 19.4. The van der Waals surface area contributed by atoms with Crippen LogP contribution in [0, 0.1) is 0 Å². The summed E-state index contributed by atoms with van der Waals surface area (Å²) in [6, 6.07) is 7.98. The number of benzene rings is 1. The van der Waals surface area contributed by atoms with Gasteiger partial charge in [-0.15, -0.1) is 0 Å². The maximum atomic E-state index is 14.0. The van der Waals surface area contributed by atoms with E-state index in [2.05, 4.69) is 0 Å². The van der Waals surface area contributed by atoms with E-state index in [0.29, 0.717) is 16.7 Å². The molecule has 0 N–H and O–H groups in total.